The Balaban J connectivity index is 1.89. The molecular formula is C17H17N3O2. The van der Waals surface area contributed by atoms with Crippen LogP contribution in [0.2, 0.25) is 0 Å². The Hall–Kier alpha value is -2.82. The van der Waals surface area contributed by atoms with Gasteiger partial charge in [-0.25, -0.2) is 0 Å². The van der Waals surface area contributed by atoms with Crippen molar-refractivity contribution in [1.29, 1.82) is 0 Å². The Morgan fingerprint density at radius 1 is 1.23 bits per heavy atom. The molecule has 5 nitrogen and oxygen atoms in total. The molecule has 0 aliphatic rings. The van der Waals surface area contributed by atoms with Crippen molar-refractivity contribution in [3.8, 4) is 5.75 Å². The van der Waals surface area contributed by atoms with E-state index in [1.54, 1.807) is 20.4 Å². The highest BCUT2D eigenvalue weighted by Gasteiger charge is 2.08. The summed E-state index contributed by atoms with van der Waals surface area (Å²) < 4.78 is 7.08. The lowest BCUT2D eigenvalue weighted by atomic mass is 10.1. The molecule has 0 saturated heterocycles. The van der Waals surface area contributed by atoms with Gasteiger partial charge >= 0.3 is 0 Å². The van der Waals surface area contributed by atoms with Gasteiger partial charge in [-0.05, 0) is 35.9 Å². The van der Waals surface area contributed by atoms with Crippen LogP contribution in [0.5, 0.6) is 5.75 Å². The Kier molecular flexibility index (Phi) is 3.78. The first-order chi connectivity index (χ1) is 10.7. The van der Waals surface area contributed by atoms with E-state index in [1.165, 1.54) is 0 Å². The van der Waals surface area contributed by atoms with Gasteiger partial charge in [-0.1, -0.05) is 12.1 Å². The standard InChI is InChI=1S/C17H17N3O2/c1-18-17(21)13-5-8-16-14(9-13)10-19-20(16)11-12-3-6-15(22-2)7-4-12/h3-10H,11H2,1-2H3,(H,18,21). The first-order valence-corrected chi connectivity index (χ1v) is 7.02. The smallest absolute Gasteiger partial charge is 0.251 e. The fourth-order valence-corrected chi connectivity index (χ4v) is 2.40. The van der Waals surface area contributed by atoms with Gasteiger partial charge in [0, 0.05) is 18.0 Å². The van der Waals surface area contributed by atoms with E-state index >= 15 is 0 Å². The minimum atomic E-state index is -0.0928. The lowest BCUT2D eigenvalue weighted by molar-refractivity contribution is 0.0963. The van der Waals surface area contributed by atoms with E-state index in [9.17, 15) is 4.79 Å². The summed E-state index contributed by atoms with van der Waals surface area (Å²) in [5.41, 5.74) is 2.78. The maximum atomic E-state index is 11.7. The summed E-state index contributed by atoms with van der Waals surface area (Å²) in [5.74, 6) is 0.745. The number of carbonyl (C=O) groups excluding carboxylic acids is 1. The van der Waals surface area contributed by atoms with Crippen LogP contribution < -0.4 is 10.1 Å². The first kappa shape index (κ1) is 14.1. The SMILES string of the molecule is CNC(=O)c1ccc2c(cnn2Cc2ccc(OC)cc2)c1. The molecule has 0 fully saturated rings. The molecule has 0 spiro atoms. The molecule has 22 heavy (non-hydrogen) atoms. The highest BCUT2D eigenvalue weighted by molar-refractivity contribution is 5.97. The molecule has 1 heterocycles. The molecule has 5 heteroatoms. The van der Waals surface area contributed by atoms with Gasteiger partial charge in [-0.15, -0.1) is 0 Å². The second-order valence-corrected chi connectivity index (χ2v) is 5.00. The van der Waals surface area contributed by atoms with Gasteiger partial charge in [0.15, 0.2) is 0 Å². The van der Waals surface area contributed by atoms with Crippen molar-refractivity contribution in [2.75, 3.05) is 14.2 Å². The Bertz CT molecular complexity index is 806. The van der Waals surface area contributed by atoms with Crippen LogP contribution in [0.25, 0.3) is 10.9 Å². The molecule has 0 aliphatic carbocycles. The number of hydrogen-bond donors (Lipinski definition) is 1. The van der Waals surface area contributed by atoms with Gasteiger partial charge in [0.25, 0.3) is 5.91 Å². The second kappa shape index (κ2) is 5.89. The summed E-state index contributed by atoms with van der Waals surface area (Å²) in [6.45, 7) is 0.673. The van der Waals surface area contributed by atoms with Gasteiger partial charge in [-0.2, -0.15) is 5.10 Å². The molecule has 1 amide bonds. The highest BCUT2D eigenvalue weighted by Crippen LogP contribution is 2.18. The monoisotopic (exact) mass is 295 g/mol. The summed E-state index contributed by atoms with van der Waals surface area (Å²) in [7, 11) is 3.28. The van der Waals surface area contributed by atoms with Crippen LogP contribution in [0.4, 0.5) is 0 Å². The molecule has 0 aliphatic heterocycles. The van der Waals surface area contributed by atoms with Crippen molar-refractivity contribution >= 4 is 16.8 Å². The Morgan fingerprint density at radius 3 is 2.68 bits per heavy atom. The van der Waals surface area contributed by atoms with E-state index in [0.717, 1.165) is 22.2 Å². The molecule has 0 unspecified atom stereocenters. The van der Waals surface area contributed by atoms with E-state index < -0.39 is 0 Å². The molecule has 3 rings (SSSR count). The van der Waals surface area contributed by atoms with Gasteiger partial charge in [0.1, 0.15) is 5.75 Å². The molecule has 1 aromatic heterocycles. The van der Waals surface area contributed by atoms with Crippen LogP contribution in [-0.2, 0) is 6.54 Å². The minimum absolute atomic E-state index is 0.0928. The number of hydrogen-bond acceptors (Lipinski definition) is 3. The third-order valence-electron chi connectivity index (χ3n) is 3.62. The molecule has 0 saturated carbocycles. The zero-order chi connectivity index (χ0) is 15.5. The van der Waals surface area contributed by atoms with E-state index in [4.69, 9.17) is 4.74 Å². The normalized spacial score (nSPS) is 10.6. The maximum Gasteiger partial charge on any atom is 0.251 e. The number of methoxy groups -OCH3 is 1. The molecule has 0 atom stereocenters. The van der Waals surface area contributed by atoms with Crippen LogP contribution in [0.1, 0.15) is 15.9 Å². The molecule has 0 bridgehead atoms. The van der Waals surface area contributed by atoms with E-state index in [1.807, 2.05) is 47.1 Å². The third kappa shape index (κ3) is 2.65. The predicted molar refractivity (Wildman–Crippen MR) is 85.2 cm³/mol. The number of amides is 1. The quantitative estimate of drug-likeness (QED) is 0.804. The van der Waals surface area contributed by atoms with Crippen molar-refractivity contribution in [2.24, 2.45) is 0 Å². The molecule has 0 radical (unpaired) electrons. The fraction of sp³-hybridized carbons (Fsp3) is 0.176. The maximum absolute atomic E-state index is 11.7. The van der Waals surface area contributed by atoms with Gasteiger partial charge in [-0.3, -0.25) is 9.48 Å². The van der Waals surface area contributed by atoms with Crippen LogP contribution >= 0.6 is 0 Å². The first-order valence-electron chi connectivity index (χ1n) is 7.02. The zero-order valence-electron chi connectivity index (χ0n) is 12.5. The fourth-order valence-electron chi connectivity index (χ4n) is 2.40. The second-order valence-electron chi connectivity index (χ2n) is 5.00. The lowest BCUT2D eigenvalue weighted by Gasteiger charge is -2.06. The van der Waals surface area contributed by atoms with Gasteiger partial charge in [0.05, 0.1) is 25.4 Å². The van der Waals surface area contributed by atoms with Crippen molar-refractivity contribution in [3.63, 3.8) is 0 Å². The predicted octanol–water partition coefficient (Wildman–Crippen LogP) is 2.45. The van der Waals surface area contributed by atoms with Gasteiger partial charge in [0.2, 0.25) is 0 Å². The number of aromatic nitrogens is 2. The van der Waals surface area contributed by atoms with Crippen molar-refractivity contribution in [2.45, 2.75) is 6.54 Å². The molecule has 3 aromatic rings. The Morgan fingerprint density at radius 2 is 2.00 bits per heavy atom. The summed E-state index contributed by atoms with van der Waals surface area (Å²) >= 11 is 0. The topological polar surface area (TPSA) is 56.2 Å². The molecule has 112 valence electrons. The average molecular weight is 295 g/mol. The zero-order valence-corrected chi connectivity index (χ0v) is 12.5. The minimum Gasteiger partial charge on any atom is -0.497 e. The summed E-state index contributed by atoms with van der Waals surface area (Å²) in [6.07, 6.45) is 1.78. The third-order valence-corrected chi connectivity index (χ3v) is 3.62. The molecular weight excluding hydrogens is 278 g/mol. The molecule has 2 aromatic carbocycles. The number of ether oxygens (including phenoxy) is 1. The highest BCUT2D eigenvalue weighted by atomic mass is 16.5. The van der Waals surface area contributed by atoms with Crippen molar-refractivity contribution < 1.29 is 9.53 Å². The number of rotatable bonds is 4. The number of benzene rings is 2. The Labute approximate surface area is 128 Å². The van der Waals surface area contributed by atoms with E-state index in [-0.39, 0.29) is 5.91 Å². The number of fused-ring (bicyclic) bond motifs is 1. The van der Waals surface area contributed by atoms with Gasteiger partial charge < -0.3 is 10.1 Å². The van der Waals surface area contributed by atoms with E-state index in [2.05, 4.69) is 10.4 Å². The lowest BCUT2D eigenvalue weighted by Crippen LogP contribution is -2.17. The van der Waals surface area contributed by atoms with Crippen LogP contribution in [-0.4, -0.2) is 29.8 Å². The summed E-state index contributed by atoms with van der Waals surface area (Å²) in [6, 6.07) is 13.5. The van der Waals surface area contributed by atoms with Crippen molar-refractivity contribution in [3.05, 3.63) is 59.8 Å². The van der Waals surface area contributed by atoms with Crippen molar-refractivity contribution in [1.82, 2.24) is 15.1 Å². The van der Waals surface area contributed by atoms with Crippen LogP contribution in [0.3, 0.4) is 0 Å². The van der Waals surface area contributed by atoms with Crippen LogP contribution in [0, 0.1) is 0 Å². The number of carbonyl (C=O) groups is 1. The number of nitrogens with one attached hydrogen (secondary N) is 1. The van der Waals surface area contributed by atoms with E-state index in [0.29, 0.717) is 12.1 Å². The molecule has 1 N–H and O–H groups in total. The number of nitrogens with zero attached hydrogens (tertiary/aromatic N) is 2. The largest absolute Gasteiger partial charge is 0.497 e. The summed E-state index contributed by atoms with van der Waals surface area (Å²) in [5, 5.41) is 7.99. The average Bonchev–Trinajstić information content (AvgIpc) is 2.97. The summed E-state index contributed by atoms with van der Waals surface area (Å²) in [4.78, 5) is 11.7. The van der Waals surface area contributed by atoms with Crippen LogP contribution in [0.15, 0.2) is 48.7 Å².